The van der Waals surface area contributed by atoms with Crippen molar-refractivity contribution in [1.82, 2.24) is 0 Å². The van der Waals surface area contributed by atoms with E-state index in [1.54, 1.807) is 0 Å². The van der Waals surface area contributed by atoms with E-state index < -0.39 is 0 Å². The Morgan fingerprint density at radius 3 is 2.59 bits per heavy atom. The van der Waals surface area contributed by atoms with Crippen LogP contribution >= 0.6 is 0 Å². The monoisotopic (exact) mass is 406 g/mol. The minimum atomic E-state index is -0.120. The average Bonchev–Trinajstić information content (AvgIpc) is 2.68. The van der Waals surface area contributed by atoms with Gasteiger partial charge in [0.25, 0.3) is 0 Å². The smallest absolute Gasteiger partial charge is 0.305 e. The summed E-state index contributed by atoms with van der Waals surface area (Å²) < 4.78 is 4.87. The topological polar surface area (TPSA) is 46.5 Å². The molecule has 3 rings (SSSR count). The number of rotatable bonds is 6. The van der Waals surface area contributed by atoms with Gasteiger partial charge in [0, 0.05) is 6.42 Å². The number of carbonyl (C=O) groups excluding carboxylic acids is 1. The number of ether oxygens (including phenoxy) is 1. The van der Waals surface area contributed by atoms with Gasteiger partial charge in [-0.3, -0.25) is 4.79 Å². The number of hydrogen-bond donors (Lipinski definition) is 1. The van der Waals surface area contributed by atoms with Crippen molar-refractivity contribution < 1.29 is 14.6 Å². The maximum absolute atomic E-state index is 11.7. The van der Waals surface area contributed by atoms with E-state index in [2.05, 4.69) is 34.6 Å². The molecule has 3 heteroatoms. The standard InChI is InChI=1S/C26H46O3/c1-7-21(18(3)8-9-24(28)29-6)25(4)12-11-22-20(16-25)23(27)15-19-14-17(2)10-13-26(19,22)5/h17-23,27H,7-16H2,1-6H3/t17-,18?,19+,20-,21-,22?,23+,25?,26?/m1/s1. The van der Waals surface area contributed by atoms with Crippen molar-refractivity contribution in [3.63, 3.8) is 0 Å². The number of esters is 1. The zero-order valence-electron chi connectivity index (χ0n) is 19.9. The molecule has 3 fully saturated rings. The van der Waals surface area contributed by atoms with Crippen molar-refractivity contribution in [2.75, 3.05) is 7.11 Å². The molecule has 0 radical (unpaired) electrons. The fourth-order valence-corrected chi connectivity index (χ4v) is 8.23. The predicted octanol–water partition coefficient (Wildman–Crippen LogP) is 6.23. The van der Waals surface area contributed by atoms with Gasteiger partial charge >= 0.3 is 5.97 Å². The Labute approximate surface area is 179 Å². The molecule has 4 unspecified atom stereocenters. The van der Waals surface area contributed by atoms with Crippen LogP contribution in [0.4, 0.5) is 0 Å². The summed E-state index contributed by atoms with van der Waals surface area (Å²) in [5, 5.41) is 11.2. The van der Waals surface area contributed by atoms with Crippen molar-refractivity contribution >= 4 is 5.97 Å². The van der Waals surface area contributed by atoms with E-state index in [0.29, 0.717) is 41.4 Å². The third-order valence-corrected chi connectivity index (χ3v) is 9.96. The van der Waals surface area contributed by atoms with Crippen LogP contribution in [0.15, 0.2) is 0 Å². The molecule has 3 aliphatic carbocycles. The van der Waals surface area contributed by atoms with Crippen molar-refractivity contribution in [2.24, 2.45) is 46.3 Å². The lowest BCUT2D eigenvalue weighted by Crippen LogP contribution is -2.55. The largest absolute Gasteiger partial charge is 0.469 e. The first-order valence-electron chi connectivity index (χ1n) is 12.4. The first-order chi connectivity index (χ1) is 13.6. The van der Waals surface area contributed by atoms with Crippen LogP contribution < -0.4 is 0 Å². The Bertz CT molecular complexity index is 574. The summed E-state index contributed by atoms with van der Waals surface area (Å²) in [4.78, 5) is 11.7. The summed E-state index contributed by atoms with van der Waals surface area (Å²) in [6.45, 7) is 12.1. The average molecular weight is 407 g/mol. The van der Waals surface area contributed by atoms with Crippen LogP contribution in [0.3, 0.4) is 0 Å². The Morgan fingerprint density at radius 1 is 1.21 bits per heavy atom. The Morgan fingerprint density at radius 2 is 1.93 bits per heavy atom. The van der Waals surface area contributed by atoms with Gasteiger partial charge in [-0.1, -0.05) is 47.5 Å². The lowest BCUT2D eigenvalue weighted by Gasteiger charge is -2.61. The van der Waals surface area contributed by atoms with E-state index in [1.165, 1.54) is 39.2 Å². The molecule has 0 aromatic rings. The SMILES string of the molecule is CC[C@H](C(C)CCC(=O)OC)C1(C)CCC2[C@@H](C1)[C@@H](O)C[C@@H]1C[C@H](C)CCC21C. The Kier molecular flexibility index (Phi) is 7.08. The summed E-state index contributed by atoms with van der Waals surface area (Å²) in [7, 11) is 1.48. The molecule has 3 nitrogen and oxygen atoms in total. The van der Waals surface area contributed by atoms with Gasteiger partial charge in [0.2, 0.25) is 0 Å². The highest BCUT2D eigenvalue weighted by atomic mass is 16.5. The van der Waals surface area contributed by atoms with Gasteiger partial charge in [-0.15, -0.1) is 0 Å². The molecule has 9 atom stereocenters. The maximum atomic E-state index is 11.7. The maximum Gasteiger partial charge on any atom is 0.305 e. The molecule has 3 aliphatic rings. The second-order valence-electron chi connectivity index (χ2n) is 11.7. The molecule has 0 amide bonds. The Balaban J connectivity index is 1.73. The van der Waals surface area contributed by atoms with Crippen LogP contribution in [0.1, 0.15) is 98.8 Å². The molecule has 29 heavy (non-hydrogen) atoms. The number of hydrogen-bond acceptors (Lipinski definition) is 3. The minimum Gasteiger partial charge on any atom is -0.469 e. The quantitative estimate of drug-likeness (QED) is 0.532. The van der Waals surface area contributed by atoms with Crippen LogP contribution in [-0.4, -0.2) is 24.3 Å². The lowest BCUT2D eigenvalue weighted by molar-refractivity contribution is -0.151. The molecular weight excluding hydrogens is 360 g/mol. The second kappa shape index (κ2) is 8.89. The van der Waals surface area contributed by atoms with Crippen LogP contribution in [0.25, 0.3) is 0 Å². The number of aliphatic hydroxyl groups is 1. The van der Waals surface area contributed by atoms with Gasteiger partial charge in [0.05, 0.1) is 13.2 Å². The lowest BCUT2D eigenvalue weighted by atomic mass is 9.44. The molecular formula is C26H46O3. The highest BCUT2D eigenvalue weighted by Gasteiger charge is 2.57. The highest BCUT2D eigenvalue weighted by molar-refractivity contribution is 5.69. The molecule has 0 aliphatic heterocycles. The number of methoxy groups -OCH3 is 1. The summed E-state index contributed by atoms with van der Waals surface area (Å²) in [6.07, 6.45) is 11.3. The van der Waals surface area contributed by atoms with Gasteiger partial charge in [0.15, 0.2) is 0 Å². The number of aliphatic hydroxyl groups excluding tert-OH is 1. The fraction of sp³-hybridized carbons (Fsp3) is 0.962. The molecule has 3 saturated carbocycles. The van der Waals surface area contributed by atoms with E-state index >= 15 is 0 Å². The van der Waals surface area contributed by atoms with Gasteiger partial charge in [-0.2, -0.15) is 0 Å². The zero-order chi connectivity index (χ0) is 21.4. The number of fused-ring (bicyclic) bond motifs is 3. The van der Waals surface area contributed by atoms with Crippen molar-refractivity contribution in [1.29, 1.82) is 0 Å². The molecule has 0 spiro atoms. The predicted molar refractivity (Wildman–Crippen MR) is 118 cm³/mol. The first kappa shape index (κ1) is 23.1. The first-order valence-corrected chi connectivity index (χ1v) is 12.4. The van der Waals surface area contributed by atoms with E-state index in [1.807, 2.05) is 0 Å². The molecule has 0 saturated heterocycles. The van der Waals surface area contributed by atoms with Crippen LogP contribution in [0, 0.1) is 46.3 Å². The van der Waals surface area contributed by atoms with E-state index in [-0.39, 0.29) is 17.5 Å². The molecule has 0 aromatic heterocycles. The summed E-state index contributed by atoms with van der Waals surface area (Å²) >= 11 is 0. The normalized spacial score (nSPS) is 44.3. The van der Waals surface area contributed by atoms with Gasteiger partial charge in [0.1, 0.15) is 0 Å². The molecule has 168 valence electrons. The second-order valence-corrected chi connectivity index (χ2v) is 11.7. The van der Waals surface area contributed by atoms with Crippen molar-refractivity contribution in [2.45, 2.75) is 105 Å². The molecule has 0 heterocycles. The molecule has 1 N–H and O–H groups in total. The van der Waals surface area contributed by atoms with Crippen LogP contribution in [-0.2, 0) is 9.53 Å². The van der Waals surface area contributed by atoms with E-state index in [9.17, 15) is 9.90 Å². The minimum absolute atomic E-state index is 0.0891. The highest BCUT2D eigenvalue weighted by Crippen LogP contribution is 2.63. The number of carbonyl (C=O) groups is 1. The summed E-state index contributed by atoms with van der Waals surface area (Å²) in [5.74, 6) is 3.73. The van der Waals surface area contributed by atoms with Gasteiger partial charge in [-0.05, 0) is 91.3 Å². The fourth-order valence-electron chi connectivity index (χ4n) is 8.23. The summed E-state index contributed by atoms with van der Waals surface area (Å²) in [6, 6.07) is 0. The van der Waals surface area contributed by atoms with Crippen LogP contribution in [0.5, 0.6) is 0 Å². The van der Waals surface area contributed by atoms with Gasteiger partial charge < -0.3 is 9.84 Å². The zero-order valence-corrected chi connectivity index (χ0v) is 19.9. The summed E-state index contributed by atoms with van der Waals surface area (Å²) in [5.41, 5.74) is 0.716. The third-order valence-electron chi connectivity index (χ3n) is 9.96. The van der Waals surface area contributed by atoms with Gasteiger partial charge in [-0.25, -0.2) is 0 Å². The van der Waals surface area contributed by atoms with Crippen molar-refractivity contribution in [3.05, 3.63) is 0 Å². The Hall–Kier alpha value is -0.570. The third kappa shape index (κ3) is 4.41. The van der Waals surface area contributed by atoms with E-state index in [0.717, 1.165) is 31.6 Å². The molecule has 0 bridgehead atoms. The van der Waals surface area contributed by atoms with E-state index in [4.69, 9.17) is 4.74 Å². The van der Waals surface area contributed by atoms with Crippen LogP contribution in [0.2, 0.25) is 0 Å². The molecule has 0 aromatic carbocycles. The van der Waals surface area contributed by atoms with Crippen molar-refractivity contribution in [3.8, 4) is 0 Å².